The maximum Gasteiger partial charge on any atom is 0.251 e. The molecule has 2 saturated carbocycles. The van der Waals surface area contributed by atoms with Gasteiger partial charge in [-0.05, 0) is 54.7 Å². The molecule has 2 fully saturated rings. The van der Waals surface area contributed by atoms with E-state index in [9.17, 15) is 4.79 Å². The summed E-state index contributed by atoms with van der Waals surface area (Å²) < 4.78 is 0. The Morgan fingerprint density at radius 3 is 2.58 bits per heavy atom. The molecule has 0 spiro atoms. The minimum atomic E-state index is 0.0731. The van der Waals surface area contributed by atoms with Gasteiger partial charge in [0.15, 0.2) is 0 Å². The maximum absolute atomic E-state index is 12.1. The minimum absolute atomic E-state index is 0.0731. The van der Waals surface area contributed by atoms with Gasteiger partial charge in [0.25, 0.3) is 5.91 Å². The van der Waals surface area contributed by atoms with Crippen LogP contribution in [-0.4, -0.2) is 12.5 Å². The molecule has 0 aliphatic heterocycles. The average molecular weight is 322 g/mol. The number of fused-ring (bicyclic) bond motifs is 2. The summed E-state index contributed by atoms with van der Waals surface area (Å²) in [5.41, 5.74) is 1.97. The summed E-state index contributed by atoms with van der Waals surface area (Å²) in [4.78, 5) is 12.1. The SMILES string of the molecule is O=C(NCC1CC2CCC1C2)c1ccc(CBr)cc1. The molecule has 2 aliphatic rings. The van der Waals surface area contributed by atoms with Crippen molar-refractivity contribution >= 4 is 21.8 Å². The fraction of sp³-hybridized carbons (Fsp3) is 0.562. The summed E-state index contributed by atoms with van der Waals surface area (Å²) in [6.45, 7) is 0.861. The minimum Gasteiger partial charge on any atom is -0.352 e. The van der Waals surface area contributed by atoms with E-state index >= 15 is 0 Å². The first-order valence-electron chi connectivity index (χ1n) is 7.19. The van der Waals surface area contributed by atoms with Crippen LogP contribution in [0.1, 0.15) is 41.6 Å². The number of amides is 1. The van der Waals surface area contributed by atoms with Crippen molar-refractivity contribution in [3.63, 3.8) is 0 Å². The van der Waals surface area contributed by atoms with Crippen LogP contribution in [0.15, 0.2) is 24.3 Å². The second-order valence-electron chi connectivity index (χ2n) is 5.98. The Morgan fingerprint density at radius 2 is 2.00 bits per heavy atom. The van der Waals surface area contributed by atoms with Crippen LogP contribution in [0.4, 0.5) is 0 Å². The number of alkyl halides is 1. The Kier molecular flexibility index (Phi) is 3.92. The number of benzene rings is 1. The van der Waals surface area contributed by atoms with Crippen LogP contribution in [0.25, 0.3) is 0 Å². The van der Waals surface area contributed by atoms with Crippen LogP contribution in [0.5, 0.6) is 0 Å². The van der Waals surface area contributed by atoms with Crippen molar-refractivity contribution in [1.29, 1.82) is 0 Å². The van der Waals surface area contributed by atoms with Crippen molar-refractivity contribution in [2.75, 3.05) is 6.54 Å². The van der Waals surface area contributed by atoms with E-state index < -0.39 is 0 Å². The van der Waals surface area contributed by atoms with Crippen molar-refractivity contribution in [2.45, 2.75) is 31.0 Å². The Balaban J connectivity index is 1.53. The lowest BCUT2D eigenvalue weighted by atomic mass is 9.89. The highest BCUT2D eigenvalue weighted by atomic mass is 79.9. The van der Waals surface area contributed by atoms with E-state index in [2.05, 4.69) is 21.2 Å². The van der Waals surface area contributed by atoms with Gasteiger partial charge in [0.05, 0.1) is 0 Å². The van der Waals surface area contributed by atoms with E-state index in [1.54, 1.807) is 0 Å². The summed E-state index contributed by atoms with van der Waals surface area (Å²) in [6, 6.07) is 7.82. The normalized spacial score (nSPS) is 28.6. The first-order valence-corrected chi connectivity index (χ1v) is 8.31. The molecule has 1 aromatic carbocycles. The van der Waals surface area contributed by atoms with Crippen LogP contribution in [0.3, 0.4) is 0 Å². The molecule has 1 N–H and O–H groups in total. The first kappa shape index (κ1) is 13.2. The molecule has 2 aliphatic carbocycles. The molecule has 1 amide bonds. The van der Waals surface area contributed by atoms with Crippen LogP contribution in [0, 0.1) is 17.8 Å². The molecular formula is C16H20BrNO. The second-order valence-corrected chi connectivity index (χ2v) is 6.54. The number of halogens is 1. The molecule has 3 unspecified atom stereocenters. The van der Waals surface area contributed by atoms with Gasteiger partial charge >= 0.3 is 0 Å². The van der Waals surface area contributed by atoms with E-state index in [0.29, 0.717) is 0 Å². The third kappa shape index (κ3) is 2.86. The molecule has 3 atom stereocenters. The van der Waals surface area contributed by atoms with Gasteiger partial charge in [-0.25, -0.2) is 0 Å². The zero-order valence-corrected chi connectivity index (χ0v) is 12.7. The van der Waals surface area contributed by atoms with E-state index in [1.807, 2.05) is 24.3 Å². The summed E-state index contributed by atoms with van der Waals surface area (Å²) >= 11 is 3.41. The molecule has 0 radical (unpaired) electrons. The van der Waals surface area contributed by atoms with Crippen molar-refractivity contribution < 1.29 is 4.79 Å². The summed E-state index contributed by atoms with van der Waals surface area (Å²) in [6.07, 6.45) is 5.53. The van der Waals surface area contributed by atoms with Crippen molar-refractivity contribution in [3.05, 3.63) is 35.4 Å². The van der Waals surface area contributed by atoms with Gasteiger partial charge in [0.2, 0.25) is 0 Å². The van der Waals surface area contributed by atoms with E-state index in [1.165, 1.54) is 31.2 Å². The Hall–Kier alpha value is -0.830. The fourth-order valence-electron chi connectivity index (χ4n) is 3.70. The number of hydrogen-bond acceptors (Lipinski definition) is 1. The van der Waals surface area contributed by atoms with Gasteiger partial charge in [-0.3, -0.25) is 4.79 Å². The highest BCUT2D eigenvalue weighted by molar-refractivity contribution is 9.08. The topological polar surface area (TPSA) is 29.1 Å². The lowest BCUT2D eigenvalue weighted by Gasteiger charge is -2.21. The molecule has 19 heavy (non-hydrogen) atoms. The Bertz CT molecular complexity index is 456. The summed E-state index contributed by atoms with van der Waals surface area (Å²) in [7, 11) is 0. The van der Waals surface area contributed by atoms with Crippen molar-refractivity contribution in [2.24, 2.45) is 17.8 Å². The quantitative estimate of drug-likeness (QED) is 0.841. The fourth-order valence-corrected chi connectivity index (χ4v) is 4.07. The molecule has 3 rings (SSSR count). The summed E-state index contributed by atoms with van der Waals surface area (Å²) in [5.74, 6) is 2.62. The molecule has 2 nitrogen and oxygen atoms in total. The van der Waals surface area contributed by atoms with Crippen LogP contribution in [0.2, 0.25) is 0 Å². The van der Waals surface area contributed by atoms with Crippen LogP contribution in [-0.2, 0) is 5.33 Å². The standard InChI is InChI=1S/C16H20BrNO/c17-9-11-1-4-13(5-2-11)16(19)18-10-15-8-12-3-6-14(15)7-12/h1-2,4-5,12,14-15H,3,6-10H2,(H,18,19). The number of carbonyl (C=O) groups excluding carboxylic acids is 1. The molecule has 102 valence electrons. The van der Waals surface area contributed by atoms with Gasteiger partial charge in [-0.2, -0.15) is 0 Å². The van der Waals surface area contributed by atoms with Crippen LogP contribution >= 0.6 is 15.9 Å². The predicted octanol–water partition coefficient (Wildman–Crippen LogP) is 3.75. The van der Waals surface area contributed by atoms with E-state index in [0.717, 1.165) is 35.2 Å². The maximum atomic E-state index is 12.1. The third-order valence-corrected chi connectivity index (χ3v) is 5.43. The van der Waals surface area contributed by atoms with Crippen LogP contribution < -0.4 is 5.32 Å². The highest BCUT2D eigenvalue weighted by Crippen LogP contribution is 2.47. The van der Waals surface area contributed by atoms with E-state index in [4.69, 9.17) is 0 Å². The molecule has 0 saturated heterocycles. The third-order valence-electron chi connectivity index (χ3n) is 4.78. The molecule has 1 aromatic rings. The first-order chi connectivity index (χ1) is 9.26. The van der Waals surface area contributed by atoms with Gasteiger partial charge in [0, 0.05) is 17.4 Å². The van der Waals surface area contributed by atoms with Gasteiger partial charge in [-0.1, -0.05) is 34.5 Å². The van der Waals surface area contributed by atoms with E-state index in [-0.39, 0.29) is 5.91 Å². The molecule has 3 heteroatoms. The van der Waals surface area contributed by atoms with Gasteiger partial charge in [-0.15, -0.1) is 0 Å². The summed E-state index contributed by atoms with van der Waals surface area (Å²) in [5, 5.41) is 3.95. The number of rotatable bonds is 4. The lowest BCUT2D eigenvalue weighted by molar-refractivity contribution is 0.0942. The zero-order chi connectivity index (χ0) is 13.2. The molecule has 0 heterocycles. The molecule has 0 aromatic heterocycles. The smallest absolute Gasteiger partial charge is 0.251 e. The second kappa shape index (κ2) is 5.66. The zero-order valence-electron chi connectivity index (χ0n) is 11.1. The number of hydrogen-bond donors (Lipinski definition) is 1. The predicted molar refractivity (Wildman–Crippen MR) is 80.3 cm³/mol. The Morgan fingerprint density at radius 1 is 1.21 bits per heavy atom. The van der Waals surface area contributed by atoms with Crippen molar-refractivity contribution in [3.8, 4) is 0 Å². The lowest BCUT2D eigenvalue weighted by Crippen LogP contribution is -2.31. The number of carbonyl (C=O) groups is 1. The number of nitrogens with one attached hydrogen (secondary N) is 1. The highest BCUT2D eigenvalue weighted by Gasteiger charge is 2.39. The van der Waals surface area contributed by atoms with Crippen molar-refractivity contribution in [1.82, 2.24) is 5.32 Å². The van der Waals surface area contributed by atoms with Gasteiger partial charge < -0.3 is 5.32 Å². The Labute approximate surface area is 123 Å². The average Bonchev–Trinajstić information content (AvgIpc) is 3.07. The monoisotopic (exact) mass is 321 g/mol. The largest absolute Gasteiger partial charge is 0.352 e. The molecular weight excluding hydrogens is 302 g/mol. The molecule has 2 bridgehead atoms. The van der Waals surface area contributed by atoms with Gasteiger partial charge in [0.1, 0.15) is 0 Å².